The molecule has 1 unspecified atom stereocenters. The van der Waals surface area contributed by atoms with E-state index in [-0.39, 0.29) is 0 Å². The molecule has 3 rings (SSSR count). The SMILES string of the molecule is NCC1CCCN(c2n[nH]c(-c3cccc(Cl)c3Cl)n2)C1. The van der Waals surface area contributed by atoms with E-state index in [0.29, 0.717) is 34.3 Å². The maximum absolute atomic E-state index is 6.22. The van der Waals surface area contributed by atoms with Crippen LogP contribution in [0.2, 0.25) is 10.0 Å². The van der Waals surface area contributed by atoms with Gasteiger partial charge in [-0.05, 0) is 37.4 Å². The number of H-pyrrole nitrogens is 1. The third-order valence-corrected chi connectivity index (χ3v) is 4.63. The molecule has 1 aromatic heterocycles. The normalized spacial score (nSPS) is 19.0. The lowest BCUT2D eigenvalue weighted by Gasteiger charge is -2.31. The van der Waals surface area contributed by atoms with Gasteiger partial charge in [-0.15, -0.1) is 5.10 Å². The molecule has 0 bridgehead atoms. The topological polar surface area (TPSA) is 70.8 Å². The van der Waals surface area contributed by atoms with Crippen LogP contribution in [0.25, 0.3) is 11.4 Å². The summed E-state index contributed by atoms with van der Waals surface area (Å²) in [5, 5.41) is 8.24. The number of aromatic amines is 1. The van der Waals surface area contributed by atoms with E-state index >= 15 is 0 Å². The minimum atomic E-state index is 0.486. The Bertz CT molecular complexity index is 628. The highest BCUT2D eigenvalue weighted by Gasteiger charge is 2.22. The Morgan fingerprint density at radius 1 is 1.38 bits per heavy atom. The van der Waals surface area contributed by atoms with Crippen molar-refractivity contribution in [3.63, 3.8) is 0 Å². The Hall–Kier alpha value is -1.30. The average molecular weight is 326 g/mol. The molecule has 2 aromatic rings. The zero-order valence-electron chi connectivity index (χ0n) is 11.5. The first kappa shape index (κ1) is 14.6. The molecular weight excluding hydrogens is 309 g/mol. The molecule has 1 fully saturated rings. The second-order valence-corrected chi connectivity index (χ2v) is 6.06. The van der Waals surface area contributed by atoms with Crippen LogP contribution in [-0.4, -0.2) is 34.8 Å². The van der Waals surface area contributed by atoms with Gasteiger partial charge in [0.15, 0.2) is 5.82 Å². The van der Waals surface area contributed by atoms with Gasteiger partial charge in [0, 0.05) is 18.7 Å². The summed E-state index contributed by atoms with van der Waals surface area (Å²) in [7, 11) is 0. The van der Waals surface area contributed by atoms with Crippen molar-refractivity contribution in [3.05, 3.63) is 28.2 Å². The van der Waals surface area contributed by atoms with Crippen LogP contribution in [-0.2, 0) is 0 Å². The van der Waals surface area contributed by atoms with Gasteiger partial charge in [0.2, 0.25) is 5.95 Å². The number of anilines is 1. The molecule has 112 valence electrons. The second-order valence-electron chi connectivity index (χ2n) is 5.28. The Morgan fingerprint density at radius 3 is 3.05 bits per heavy atom. The molecule has 1 atom stereocenters. The summed E-state index contributed by atoms with van der Waals surface area (Å²) in [6.45, 7) is 2.56. The quantitative estimate of drug-likeness (QED) is 0.910. The van der Waals surface area contributed by atoms with Gasteiger partial charge in [0.1, 0.15) is 0 Å². The minimum absolute atomic E-state index is 0.486. The third-order valence-electron chi connectivity index (χ3n) is 3.82. The largest absolute Gasteiger partial charge is 0.339 e. The maximum atomic E-state index is 6.22. The number of aromatic nitrogens is 3. The van der Waals surface area contributed by atoms with Crippen molar-refractivity contribution in [2.24, 2.45) is 11.7 Å². The minimum Gasteiger partial charge on any atom is -0.339 e. The van der Waals surface area contributed by atoms with E-state index in [1.54, 1.807) is 6.07 Å². The zero-order valence-corrected chi connectivity index (χ0v) is 13.0. The molecule has 5 nitrogen and oxygen atoms in total. The molecule has 0 aliphatic carbocycles. The highest BCUT2D eigenvalue weighted by Crippen LogP contribution is 2.32. The summed E-state index contributed by atoms with van der Waals surface area (Å²) >= 11 is 12.3. The highest BCUT2D eigenvalue weighted by atomic mass is 35.5. The smallest absolute Gasteiger partial charge is 0.245 e. The van der Waals surface area contributed by atoms with Gasteiger partial charge in [-0.2, -0.15) is 4.98 Å². The molecule has 7 heteroatoms. The first-order chi connectivity index (χ1) is 10.2. The maximum Gasteiger partial charge on any atom is 0.245 e. The highest BCUT2D eigenvalue weighted by molar-refractivity contribution is 6.43. The predicted molar refractivity (Wildman–Crippen MR) is 85.8 cm³/mol. The molecule has 1 aromatic carbocycles. The number of nitrogens with one attached hydrogen (secondary N) is 1. The summed E-state index contributed by atoms with van der Waals surface area (Å²) < 4.78 is 0. The number of hydrogen-bond donors (Lipinski definition) is 2. The number of rotatable bonds is 3. The molecule has 1 aliphatic heterocycles. The van der Waals surface area contributed by atoms with Crippen molar-refractivity contribution in [1.29, 1.82) is 0 Å². The van der Waals surface area contributed by atoms with Crippen molar-refractivity contribution in [2.75, 3.05) is 24.5 Å². The van der Waals surface area contributed by atoms with Crippen LogP contribution >= 0.6 is 23.2 Å². The first-order valence-corrected chi connectivity index (χ1v) is 7.76. The number of nitrogens with zero attached hydrogens (tertiary/aromatic N) is 3. The monoisotopic (exact) mass is 325 g/mol. The summed E-state index contributed by atoms with van der Waals surface area (Å²) in [5.41, 5.74) is 6.53. The van der Waals surface area contributed by atoms with Crippen molar-refractivity contribution in [3.8, 4) is 11.4 Å². The van der Waals surface area contributed by atoms with Gasteiger partial charge in [0.05, 0.1) is 10.0 Å². The van der Waals surface area contributed by atoms with Crippen LogP contribution in [0.15, 0.2) is 18.2 Å². The van der Waals surface area contributed by atoms with Crippen LogP contribution in [0.4, 0.5) is 5.95 Å². The number of piperidine rings is 1. The van der Waals surface area contributed by atoms with E-state index in [4.69, 9.17) is 28.9 Å². The van der Waals surface area contributed by atoms with E-state index < -0.39 is 0 Å². The lowest BCUT2D eigenvalue weighted by Crippen LogP contribution is -2.38. The lowest BCUT2D eigenvalue weighted by molar-refractivity contribution is 0.420. The Morgan fingerprint density at radius 2 is 2.24 bits per heavy atom. The summed E-state index contributed by atoms with van der Waals surface area (Å²) in [6.07, 6.45) is 2.29. The van der Waals surface area contributed by atoms with E-state index in [9.17, 15) is 0 Å². The molecule has 0 radical (unpaired) electrons. The van der Waals surface area contributed by atoms with E-state index in [1.807, 2.05) is 12.1 Å². The molecule has 0 saturated carbocycles. The van der Waals surface area contributed by atoms with Gasteiger partial charge >= 0.3 is 0 Å². The standard InChI is InChI=1S/C14H17Cl2N5/c15-11-5-1-4-10(12(11)16)13-18-14(20-19-13)21-6-2-3-9(7-17)8-21/h1,4-5,9H,2-3,6-8,17H2,(H,18,19,20). The zero-order chi connectivity index (χ0) is 14.8. The van der Waals surface area contributed by atoms with Crippen molar-refractivity contribution >= 4 is 29.2 Å². The molecule has 21 heavy (non-hydrogen) atoms. The Labute approximate surface area is 133 Å². The van der Waals surface area contributed by atoms with Crippen LogP contribution < -0.4 is 10.6 Å². The van der Waals surface area contributed by atoms with E-state index in [2.05, 4.69) is 20.1 Å². The van der Waals surface area contributed by atoms with Crippen LogP contribution in [0, 0.1) is 5.92 Å². The Balaban J connectivity index is 1.85. The molecule has 3 N–H and O–H groups in total. The summed E-state index contributed by atoms with van der Waals surface area (Å²) in [6, 6.07) is 5.47. The van der Waals surface area contributed by atoms with Crippen molar-refractivity contribution in [2.45, 2.75) is 12.8 Å². The molecule has 2 heterocycles. The van der Waals surface area contributed by atoms with Crippen LogP contribution in [0.1, 0.15) is 12.8 Å². The second kappa shape index (κ2) is 6.22. The predicted octanol–water partition coefficient (Wildman–Crippen LogP) is 2.95. The van der Waals surface area contributed by atoms with Gasteiger partial charge in [-0.25, -0.2) is 0 Å². The van der Waals surface area contributed by atoms with Gasteiger partial charge in [-0.3, -0.25) is 5.10 Å². The number of halogens is 2. The first-order valence-electron chi connectivity index (χ1n) is 7.01. The molecule has 0 spiro atoms. The molecule has 1 aliphatic rings. The van der Waals surface area contributed by atoms with Gasteiger partial charge in [-0.1, -0.05) is 29.3 Å². The number of benzene rings is 1. The fraction of sp³-hybridized carbons (Fsp3) is 0.429. The van der Waals surface area contributed by atoms with Crippen molar-refractivity contribution < 1.29 is 0 Å². The van der Waals surface area contributed by atoms with Crippen LogP contribution in [0.3, 0.4) is 0 Å². The third kappa shape index (κ3) is 3.00. The number of hydrogen-bond acceptors (Lipinski definition) is 4. The molecule has 0 amide bonds. The Kier molecular flexibility index (Phi) is 4.33. The fourth-order valence-corrected chi connectivity index (χ4v) is 3.03. The summed E-state index contributed by atoms with van der Waals surface area (Å²) in [5.74, 6) is 1.84. The van der Waals surface area contributed by atoms with Crippen molar-refractivity contribution in [1.82, 2.24) is 15.2 Å². The van der Waals surface area contributed by atoms with Crippen LogP contribution in [0.5, 0.6) is 0 Å². The van der Waals surface area contributed by atoms with Gasteiger partial charge < -0.3 is 10.6 Å². The fourth-order valence-electron chi connectivity index (χ4n) is 2.64. The van der Waals surface area contributed by atoms with E-state index in [0.717, 1.165) is 25.1 Å². The molecule has 1 saturated heterocycles. The number of nitrogens with two attached hydrogens (primary N) is 1. The lowest BCUT2D eigenvalue weighted by atomic mass is 9.99. The molecular formula is C14H17Cl2N5. The van der Waals surface area contributed by atoms with Gasteiger partial charge in [0.25, 0.3) is 0 Å². The average Bonchev–Trinajstić information content (AvgIpc) is 3.00. The van der Waals surface area contributed by atoms with E-state index in [1.165, 1.54) is 6.42 Å². The summed E-state index contributed by atoms with van der Waals surface area (Å²) in [4.78, 5) is 6.72.